The highest BCUT2D eigenvalue weighted by Crippen LogP contribution is 2.08. The number of oxazole rings is 1. The Labute approximate surface area is 164 Å². The predicted molar refractivity (Wildman–Crippen MR) is 109 cm³/mol. The first-order valence-electron chi connectivity index (χ1n) is 9.16. The lowest BCUT2D eigenvalue weighted by Crippen LogP contribution is -2.36. The molecule has 2 N–H and O–H groups in total. The van der Waals surface area contributed by atoms with E-state index >= 15 is 0 Å². The first-order valence-corrected chi connectivity index (χ1v) is 9.16. The summed E-state index contributed by atoms with van der Waals surface area (Å²) in [7, 11) is 1.72. The summed E-state index contributed by atoms with van der Waals surface area (Å²) in [5.41, 5.74) is 3.10. The number of hydrogen-bond acceptors (Lipinski definition) is 4. The van der Waals surface area contributed by atoms with Crippen molar-refractivity contribution in [3.05, 3.63) is 87.5 Å². The molecular formula is C21H25N5O2. The maximum atomic E-state index is 11.8. The minimum absolute atomic E-state index is 0.000416. The van der Waals surface area contributed by atoms with Crippen molar-refractivity contribution < 1.29 is 4.42 Å². The monoisotopic (exact) mass is 379 g/mol. The van der Waals surface area contributed by atoms with Gasteiger partial charge >= 0.3 is 0 Å². The summed E-state index contributed by atoms with van der Waals surface area (Å²) < 4.78 is 7.25. The fourth-order valence-corrected chi connectivity index (χ4v) is 2.73. The maximum absolute atomic E-state index is 11.8. The van der Waals surface area contributed by atoms with Crippen LogP contribution in [0.1, 0.15) is 28.5 Å². The normalized spacial score (nSPS) is 11.5. The number of nitrogens with zero attached hydrogens (tertiary/aromatic N) is 3. The van der Waals surface area contributed by atoms with E-state index in [-0.39, 0.29) is 5.56 Å². The molecule has 7 heteroatoms. The van der Waals surface area contributed by atoms with Crippen LogP contribution in [0.5, 0.6) is 0 Å². The van der Waals surface area contributed by atoms with E-state index in [4.69, 9.17) is 4.42 Å². The Morgan fingerprint density at radius 2 is 1.79 bits per heavy atom. The molecule has 0 radical (unpaired) electrons. The molecule has 0 atom stereocenters. The number of aryl methyl sites for hydroxylation is 2. The summed E-state index contributed by atoms with van der Waals surface area (Å²) in [6.07, 6.45) is 1.80. The molecule has 3 rings (SSSR count). The summed E-state index contributed by atoms with van der Waals surface area (Å²) in [4.78, 5) is 20.4. The van der Waals surface area contributed by atoms with Gasteiger partial charge in [-0.2, -0.15) is 0 Å². The summed E-state index contributed by atoms with van der Waals surface area (Å²) in [5.74, 6) is 2.14. The average Bonchev–Trinajstić information content (AvgIpc) is 3.02. The molecule has 2 heterocycles. The van der Waals surface area contributed by atoms with Gasteiger partial charge in [0, 0.05) is 25.9 Å². The van der Waals surface area contributed by atoms with Gasteiger partial charge in [0.25, 0.3) is 5.56 Å². The molecule has 7 nitrogen and oxygen atoms in total. The molecule has 0 aliphatic heterocycles. The molecule has 0 spiro atoms. The standard InChI is InChI=1S/C21H25N5O2/c1-15-16(2)28-19(25-15)13-24-21(22-3)23-12-17-7-9-18(10-8-17)14-26-11-5-4-6-20(26)27/h4-11H,12-14H2,1-3H3,(H2,22,23,24). The quantitative estimate of drug-likeness (QED) is 0.507. The Morgan fingerprint density at radius 3 is 2.43 bits per heavy atom. The highest BCUT2D eigenvalue weighted by Gasteiger charge is 2.06. The fourth-order valence-electron chi connectivity index (χ4n) is 2.73. The van der Waals surface area contributed by atoms with Crippen molar-refractivity contribution in [1.82, 2.24) is 20.2 Å². The van der Waals surface area contributed by atoms with Gasteiger partial charge in [0.2, 0.25) is 5.89 Å². The van der Waals surface area contributed by atoms with E-state index in [0.717, 1.165) is 22.6 Å². The Morgan fingerprint density at radius 1 is 1.07 bits per heavy atom. The molecule has 0 unspecified atom stereocenters. The minimum Gasteiger partial charge on any atom is -0.444 e. The third-order valence-electron chi connectivity index (χ3n) is 4.44. The average molecular weight is 379 g/mol. The number of guanidine groups is 1. The molecule has 0 amide bonds. The lowest BCUT2D eigenvalue weighted by molar-refractivity contribution is 0.463. The third-order valence-corrected chi connectivity index (χ3v) is 4.44. The number of nitrogens with one attached hydrogen (secondary N) is 2. The van der Waals surface area contributed by atoms with Gasteiger partial charge in [0.1, 0.15) is 5.76 Å². The lowest BCUT2D eigenvalue weighted by atomic mass is 10.1. The Balaban J connectivity index is 1.52. The zero-order valence-corrected chi connectivity index (χ0v) is 16.4. The summed E-state index contributed by atoms with van der Waals surface area (Å²) in [6, 6.07) is 13.3. The number of aliphatic imine (C=N–C) groups is 1. The van der Waals surface area contributed by atoms with Crippen LogP contribution in [0.25, 0.3) is 0 Å². The zero-order chi connectivity index (χ0) is 19.9. The maximum Gasteiger partial charge on any atom is 0.250 e. The molecule has 0 fully saturated rings. The number of aromatic nitrogens is 2. The van der Waals surface area contributed by atoms with Gasteiger partial charge in [-0.25, -0.2) is 4.98 Å². The van der Waals surface area contributed by atoms with E-state index in [1.807, 2.05) is 44.2 Å². The molecule has 0 saturated carbocycles. The van der Waals surface area contributed by atoms with Crippen molar-refractivity contribution in [2.45, 2.75) is 33.5 Å². The van der Waals surface area contributed by atoms with Crippen molar-refractivity contribution >= 4 is 5.96 Å². The topological polar surface area (TPSA) is 84.5 Å². The molecule has 0 aliphatic carbocycles. The second-order valence-corrected chi connectivity index (χ2v) is 6.51. The third kappa shape index (κ3) is 5.09. The summed E-state index contributed by atoms with van der Waals surface area (Å²) in [6.45, 7) is 5.49. The summed E-state index contributed by atoms with van der Waals surface area (Å²) >= 11 is 0. The molecule has 0 bridgehead atoms. The first kappa shape index (κ1) is 19.4. The number of benzene rings is 1. The molecule has 0 saturated heterocycles. The molecule has 28 heavy (non-hydrogen) atoms. The van der Waals surface area contributed by atoms with Crippen LogP contribution in [0.3, 0.4) is 0 Å². The SMILES string of the molecule is CN=C(NCc1ccc(Cn2ccccc2=O)cc1)NCc1nc(C)c(C)o1. The predicted octanol–water partition coefficient (Wildman–Crippen LogP) is 2.37. The molecule has 0 aliphatic rings. The minimum atomic E-state index is -0.000416. The molecule has 1 aromatic carbocycles. The highest BCUT2D eigenvalue weighted by atomic mass is 16.4. The first-order chi connectivity index (χ1) is 13.5. The fraction of sp³-hybridized carbons (Fsp3) is 0.286. The van der Waals surface area contributed by atoms with Crippen LogP contribution in [-0.4, -0.2) is 22.6 Å². The van der Waals surface area contributed by atoms with Crippen molar-refractivity contribution in [1.29, 1.82) is 0 Å². The van der Waals surface area contributed by atoms with Crippen LogP contribution in [0, 0.1) is 13.8 Å². The van der Waals surface area contributed by atoms with Gasteiger partial charge in [-0.1, -0.05) is 30.3 Å². The Hall–Kier alpha value is -3.35. The lowest BCUT2D eigenvalue weighted by Gasteiger charge is -2.11. The second kappa shape index (κ2) is 9.03. The van der Waals surface area contributed by atoms with Crippen molar-refractivity contribution in [3.8, 4) is 0 Å². The van der Waals surface area contributed by atoms with E-state index < -0.39 is 0 Å². The number of hydrogen-bond donors (Lipinski definition) is 2. The van der Waals surface area contributed by atoms with Crippen molar-refractivity contribution in [2.24, 2.45) is 4.99 Å². The zero-order valence-electron chi connectivity index (χ0n) is 16.4. The molecule has 2 aromatic heterocycles. The highest BCUT2D eigenvalue weighted by molar-refractivity contribution is 5.79. The molecule has 3 aromatic rings. The van der Waals surface area contributed by atoms with Crippen molar-refractivity contribution in [2.75, 3.05) is 7.05 Å². The Bertz CT molecular complexity index is 983. The molecular weight excluding hydrogens is 354 g/mol. The van der Waals surface area contributed by atoms with E-state index in [0.29, 0.717) is 31.5 Å². The largest absolute Gasteiger partial charge is 0.444 e. The Kier molecular flexibility index (Phi) is 6.26. The van der Waals surface area contributed by atoms with Gasteiger partial charge < -0.3 is 19.6 Å². The summed E-state index contributed by atoms with van der Waals surface area (Å²) in [5, 5.41) is 6.46. The van der Waals surface area contributed by atoms with Crippen molar-refractivity contribution in [3.63, 3.8) is 0 Å². The van der Waals surface area contributed by atoms with E-state index in [1.54, 1.807) is 29.9 Å². The van der Waals surface area contributed by atoms with Gasteiger partial charge in [-0.3, -0.25) is 9.79 Å². The van der Waals surface area contributed by atoms with Crippen LogP contribution in [0.2, 0.25) is 0 Å². The number of pyridine rings is 1. The van der Waals surface area contributed by atoms with E-state index in [2.05, 4.69) is 20.6 Å². The van der Waals surface area contributed by atoms with Crippen LogP contribution in [0.15, 0.2) is 62.9 Å². The number of rotatable bonds is 6. The van der Waals surface area contributed by atoms with Gasteiger partial charge in [0.05, 0.1) is 18.8 Å². The van der Waals surface area contributed by atoms with E-state index in [1.165, 1.54) is 0 Å². The van der Waals surface area contributed by atoms with Crippen LogP contribution in [0.4, 0.5) is 0 Å². The van der Waals surface area contributed by atoms with Crippen LogP contribution in [-0.2, 0) is 19.6 Å². The van der Waals surface area contributed by atoms with Crippen LogP contribution >= 0.6 is 0 Å². The van der Waals surface area contributed by atoms with Gasteiger partial charge in [0.15, 0.2) is 5.96 Å². The van der Waals surface area contributed by atoms with Gasteiger partial charge in [-0.15, -0.1) is 0 Å². The second-order valence-electron chi connectivity index (χ2n) is 6.51. The van der Waals surface area contributed by atoms with Gasteiger partial charge in [-0.05, 0) is 31.0 Å². The molecule has 146 valence electrons. The van der Waals surface area contributed by atoms with Crippen LogP contribution < -0.4 is 16.2 Å². The smallest absolute Gasteiger partial charge is 0.250 e. The van der Waals surface area contributed by atoms with E-state index in [9.17, 15) is 4.79 Å².